The average Bonchev–Trinajstić information content (AvgIpc) is 2.42. The van der Waals surface area contributed by atoms with Gasteiger partial charge in [-0.25, -0.2) is 0 Å². The van der Waals surface area contributed by atoms with Gasteiger partial charge in [-0.1, -0.05) is 37.6 Å². The van der Waals surface area contributed by atoms with Crippen LogP contribution in [0.2, 0.25) is 0 Å². The highest BCUT2D eigenvalue weighted by Crippen LogP contribution is 2.31. The number of rotatable bonds is 4. The summed E-state index contributed by atoms with van der Waals surface area (Å²) in [6, 6.07) is 9.24. The highest BCUT2D eigenvalue weighted by molar-refractivity contribution is 5.30. The largest absolute Gasteiger partial charge is 0.326 e. The number of nitrogens with zero attached hydrogens (tertiary/aromatic N) is 1. The van der Waals surface area contributed by atoms with Crippen molar-refractivity contribution in [3.8, 4) is 0 Å². The van der Waals surface area contributed by atoms with Crippen molar-refractivity contribution in [1.82, 2.24) is 4.90 Å². The molecule has 1 aromatic carbocycles. The van der Waals surface area contributed by atoms with Crippen LogP contribution in [-0.2, 0) is 0 Å². The summed E-state index contributed by atoms with van der Waals surface area (Å²) in [6.45, 7) is 9.04. The molecule has 0 radical (unpaired) electrons. The lowest BCUT2D eigenvalue weighted by molar-refractivity contribution is 0.117. The summed E-state index contributed by atoms with van der Waals surface area (Å²) in [5, 5.41) is 0. The van der Waals surface area contributed by atoms with Crippen LogP contribution in [0.25, 0.3) is 0 Å². The van der Waals surface area contributed by atoms with Crippen molar-refractivity contribution in [2.75, 3.05) is 13.1 Å². The molecular formula is C17H28N2. The molecule has 2 heteroatoms. The molecule has 1 saturated heterocycles. The molecule has 0 amide bonds. The lowest BCUT2D eigenvalue weighted by Crippen LogP contribution is -2.44. The van der Waals surface area contributed by atoms with Gasteiger partial charge in [0.2, 0.25) is 0 Å². The van der Waals surface area contributed by atoms with E-state index in [9.17, 15) is 0 Å². The van der Waals surface area contributed by atoms with Gasteiger partial charge < -0.3 is 5.73 Å². The molecule has 0 bridgehead atoms. The Bertz CT molecular complexity index is 392. The fraction of sp³-hybridized carbons (Fsp3) is 0.647. The SMILES string of the molecule is CCC1CCN(C(c2ccccc2C)C(C)N)CC1. The molecule has 106 valence electrons. The minimum absolute atomic E-state index is 0.180. The molecule has 0 spiro atoms. The second kappa shape index (κ2) is 6.53. The van der Waals surface area contributed by atoms with E-state index >= 15 is 0 Å². The lowest BCUT2D eigenvalue weighted by Gasteiger charge is -2.40. The first-order chi connectivity index (χ1) is 9.13. The number of benzene rings is 1. The van der Waals surface area contributed by atoms with Gasteiger partial charge in [0.1, 0.15) is 0 Å². The molecule has 19 heavy (non-hydrogen) atoms. The van der Waals surface area contributed by atoms with Crippen molar-refractivity contribution in [3.63, 3.8) is 0 Å². The first-order valence-corrected chi connectivity index (χ1v) is 7.68. The summed E-state index contributed by atoms with van der Waals surface area (Å²) in [5.74, 6) is 0.918. The minimum atomic E-state index is 0.180. The van der Waals surface area contributed by atoms with E-state index in [4.69, 9.17) is 5.73 Å². The zero-order chi connectivity index (χ0) is 13.8. The maximum absolute atomic E-state index is 6.29. The fourth-order valence-corrected chi connectivity index (χ4v) is 3.37. The topological polar surface area (TPSA) is 29.3 Å². The van der Waals surface area contributed by atoms with Crippen molar-refractivity contribution in [1.29, 1.82) is 0 Å². The molecule has 1 aromatic rings. The van der Waals surface area contributed by atoms with E-state index in [1.807, 2.05) is 0 Å². The van der Waals surface area contributed by atoms with Gasteiger partial charge in [-0.15, -0.1) is 0 Å². The number of hydrogen-bond acceptors (Lipinski definition) is 2. The molecule has 1 aliphatic heterocycles. The third kappa shape index (κ3) is 3.37. The number of aryl methyl sites for hydroxylation is 1. The number of hydrogen-bond donors (Lipinski definition) is 1. The second-order valence-corrected chi connectivity index (χ2v) is 6.05. The van der Waals surface area contributed by atoms with Crippen LogP contribution in [-0.4, -0.2) is 24.0 Å². The molecule has 0 aromatic heterocycles. The number of likely N-dealkylation sites (tertiary alicyclic amines) is 1. The standard InChI is InChI=1S/C17H28N2/c1-4-15-9-11-19(12-10-15)17(14(3)18)16-8-6-5-7-13(16)2/h5-8,14-15,17H,4,9-12,18H2,1-3H3. The molecule has 0 saturated carbocycles. The van der Waals surface area contributed by atoms with Gasteiger partial charge in [0.15, 0.2) is 0 Å². The minimum Gasteiger partial charge on any atom is -0.326 e. The van der Waals surface area contributed by atoms with E-state index in [0.717, 1.165) is 5.92 Å². The van der Waals surface area contributed by atoms with E-state index in [2.05, 4.69) is 49.9 Å². The van der Waals surface area contributed by atoms with Crippen LogP contribution >= 0.6 is 0 Å². The van der Waals surface area contributed by atoms with Crippen molar-refractivity contribution in [2.24, 2.45) is 11.7 Å². The summed E-state index contributed by atoms with van der Waals surface area (Å²) in [7, 11) is 0. The second-order valence-electron chi connectivity index (χ2n) is 6.05. The van der Waals surface area contributed by atoms with Crippen molar-refractivity contribution in [3.05, 3.63) is 35.4 Å². The molecule has 2 nitrogen and oxygen atoms in total. The van der Waals surface area contributed by atoms with E-state index in [1.165, 1.54) is 43.5 Å². The van der Waals surface area contributed by atoms with Gasteiger partial charge >= 0.3 is 0 Å². The Balaban J connectivity index is 2.16. The van der Waals surface area contributed by atoms with E-state index < -0.39 is 0 Å². The van der Waals surface area contributed by atoms with Crippen LogP contribution in [0.5, 0.6) is 0 Å². The highest BCUT2D eigenvalue weighted by atomic mass is 15.2. The quantitative estimate of drug-likeness (QED) is 0.897. The Morgan fingerprint density at radius 3 is 2.42 bits per heavy atom. The van der Waals surface area contributed by atoms with Crippen LogP contribution in [0.3, 0.4) is 0 Å². The third-order valence-electron chi connectivity index (χ3n) is 4.62. The van der Waals surface area contributed by atoms with Gasteiger partial charge in [-0.3, -0.25) is 4.90 Å². The molecule has 1 fully saturated rings. The molecule has 2 atom stereocenters. The van der Waals surface area contributed by atoms with Gasteiger partial charge in [-0.2, -0.15) is 0 Å². The summed E-state index contributed by atoms with van der Waals surface area (Å²) in [6.07, 6.45) is 3.97. The van der Waals surface area contributed by atoms with Gasteiger partial charge in [0.05, 0.1) is 0 Å². The molecule has 1 aliphatic rings. The predicted molar refractivity (Wildman–Crippen MR) is 82.2 cm³/mol. The van der Waals surface area contributed by atoms with Gasteiger partial charge in [0, 0.05) is 12.1 Å². The first kappa shape index (κ1) is 14.5. The number of nitrogens with two attached hydrogens (primary N) is 1. The summed E-state index contributed by atoms with van der Waals surface area (Å²) >= 11 is 0. The van der Waals surface area contributed by atoms with Crippen molar-refractivity contribution in [2.45, 2.75) is 52.1 Å². The van der Waals surface area contributed by atoms with E-state index in [0.29, 0.717) is 6.04 Å². The lowest BCUT2D eigenvalue weighted by atomic mass is 9.89. The molecule has 0 aliphatic carbocycles. The monoisotopic (exact) mass is 260 g/mol. The Morgan fingerprint density at radius 2 is 1.89 bits per heavy atom. The normalized spacial score (nSPS) is 21.3. The van der Waals surface area contributed by atoms with Crippen molar-refractivity contribution < 1.29 is 0 Å². The van der Waals surface area contributed by atoms with Crippen LogP contribution < -0.4 is 5.73 Å². The number of piperidine rings is 1. The molecule has 2 rings (SSSR count). The van der Waals surface area contributed by atoms with Crippen LogP contribution in [0, 0.1) is 12.8 Å². The zero-order valence-corrected chi connectivity index (χ0v) is 12.6. The third-order valence-corrected chi connectivity index (χ3v) is 4.62. The molecular weight excluding hydrogens is 232 g/mol. The van der Waals surface area contributed by atoms with Gasteiger partial charge in [-0.05, 0) is 56.8 Å². The van der Waals surface area contributed by atoms with E-state index in [1.54, 1.807) is 0 Å². The highest BCUT2D eigenvalue weighted by Gasteiger charge is 2.28. The van der Waals surface area contributed by atoms with Gasteiger partial charge in [0.25, 0.3) is 0 Å². The average molecular weight is 260 g/mol. The molecule has 1 heterocycles. The molecule has 2 unspecified atom stereocenters. The summed E-state index contributed by atoms with van der Waals surface area (Å²) < 4.78 is 0. The Kier molecular flexibility index (Phi) is 5.00. The smallest absolute Gasteiger partial charge is 0.0499 e. The maximum atomic E-state index is 6.29. The fourth-order valence-electron chi connectivity index (χ4n) is 3.37. The van der Waals surface area contributed by atoms with E-state index in [-0.39, 0.29) is 6.04 Å². The summed E-state index contributed by atoms with van der Waals surface area (Å²) in [4.78, 5) is 2.60. The Hall–Kier alpha value is -0.860. The first-order valence-electron chi connectivity index (χ1n) is 7.68. The summed E-state index contributed by atoms with van der Waals surface area (Å²) in [5.41, 5.74) is 9.07. The van der Waals surface area contributed by atoms with Crippen LogP contribution in [0.1, 0.15) is 50.3 Å². The predicted octanol–water partition coefficient (Wildman–Crippen LogP) is 3.51. The van der Waals surface area contributed by atoms with Crippen molar-refractivity contribution >= 4 is 0 Å². The zero-order valence-electron chi connectivity index (χ0n) is 12.6. The Morgan fingerprint density at radius 1 is 1.26 bits per heavy atom. The molecule has 2 N–H and O–H groups in total. The maximum Gasteiger partial charge on any atom is 0.0499 e. The Labute approximate surface area is 118 Å². The van der Waals surface area contributed by atoms with Crippen LogP contribution in [0.4, 0.5) is 0 Å². The van der Waals surface area contributed by atoms with Crippen LogP contribution in [0.15, 0.2) is 24.3 Å².